The molecule has 1 amide bonds. The number of fused-ring (bicyclic) bond motifs is 1. The first kappa shape index (κ1) is 15.7. The van der Waals surface area contributed by atoms with E-state index < -0.39 is 0 Å². The average molecular weight is 318 g/mol. The van der Waals surface area contributed by atoms with Crippen molar-refractivity contribution in [2.75, 3.05) is 19.6 Å². The maximum atomic E-state index is 12.1. The number of nitrogens with one attached hydrogen (secondary N) is 2. The molecule has 2 aromatic heterocycles. The maximum Gasteiger partial charge on any atom is 0.289 e. The molecule has 0 aliphatic carbocycles. The minimum absolute atomic E-state index is 0.236. The van der Waals surface area contributed by atoms with E-state index in [9.17, 15) is 4.79 Å². The summed E-state index contributed by atoms with van der Waals surface area (Å²) in [6.45, 7) is 7.21. The third-order valence-corrected chi connectivity index (χ3v) is 3.92. The molecule has 0 bridgehead atoms. The van der Waals surface area contributed by atoms with Gasteiger partial charge in [0.25, 0.3) is 5.91 Å². The van der Waals surface area contributed by atoms with Gasteiger partial charge in [0.05, 0.1) is 5.69 Å². The largest absolute Gasteiger partial charge is 0.351 e. The Morgan fingerprint density at radius 3 is 3.09 bits per heavy atom. The predicted molar refractivity (Wildman–Crippen MR) is 83.2 cm³/mol. The van der Waals surface area contributed by atoms with Crippen LogP contribution in [0, 0.1) is 0 Å². The molecule has 0 fully saturated rings. The molecule has 0 saturated heterocycles. The molecule has 0 radical (unpaired) electrons. The van der Waals surface area contributed by atoms with Crippen molar-refractivity contribution in [3.05, 3.63) is 29.2 Å². The number of hydrogen-bond acceptors (Lipinski definition) is 6. The summed E-state index contributed by atoms with van der Waals surface area (Å²) in [6, 6.07) is 1.69. The zero-order valence-electron chi connectivity index (χ0n) is 13.5. The molecular formula is C15H22N6O2. The quantitative estimate of drug-likeness (QED) is 0.833. The monoisotopic (exact) mass is 318 g/mol. The third-order valence-electron chi connectivity index (χ3n) is 3.92. The standard InChI is InChI=1S/C15H22N6O2/c1-10(2)11-9-12(23-20-11)15(22)17-6-4-14-19-18-13-3-5-16-7-8-21(13)14/h9-10,16H,3-8H2,1-2H3,(H,17,22). The van der Waals surface area contributed by atoms with Gasteiger partial charge in [-0.2, -0.15) is 0 Å². The van der Waals surface area contributed by atoms with Gasteiger partial charge in [-0.3, -0.25) is 4.79 Å². The molecule has 2 aromatic rings. The van der Waals surface area contributed by atoms with Crippen LogP contribution < -0.4 is 10.6 Å². The molecule has 3 rings (SSSR count). The summed E-state index contributed by atoms with van der Waals surface area (Å²) in [7, 11) is 0. The van der Waals surface area contributed by atoms with Crippen molar-refractivity contribution in [3.63, 3.8) is 0 Å². The Hall–Kier alpha value is -2.22. The van der Waals surface area contributed by atoms with Gasteiger partial charge in [-0.25, -0.2) is 0 Å². The number of rotatable bonds is 5. The lowest BCUT2D eigenvalue weighted by Crippen LogP contribution is -2.26. The molecule has 0 saturated carbocycles. The maximum absolute atomic E-state index is 12.1. The second-order valence-corrected chi connectivity index (χ2v) is 5.96. The summed E-state index contributed by atoms with van der Waals surface area (Å²) in [5.41, 5.74) is 0.783. The van der Waals surface area contributed by atoms with E-state index in [4.69, 9.17) is 4.52 Å². The van der Waals surface area contributed by atoms with Crippen LogP contribution in [-0.2, 0) is 19.4 Å². The van der Waals surface area contributed by atoms with Gasteiger partial charge in [-0.1, -0.05) is 19.0 Å². The fourth-order valence-corrected chi connectivity index (χ4v) is 2.56. The average Bonchev–Trinajstić information content (AvgIpc) is 3.10. The minimum Gasteiger partial charge on any atom is -0.351 e. The summed E-state index contributed by atoms with van der Waals surface area (Å²) in [6.07, 6.45) is 1.53. The van der Waals surface area contributed by atoms with E-state index in [1.54, 1.807) is 6.07 Å². The van der Waals surface area contributed by atoms with Gasteiger partial charge < -0.3 is 19.7 Å². The highest BCUT2D eigenvalue weighted by Crippen LogP contribution is 2.13. The van der Waals surface area contributed by atoms with E-state index in [2.05, 4.69) is 30.6 Å². The number of carbonyl (C=O) groups is 1. The Balaban J connectivity index is 1.55. The summed E-state index contributed by atoms with van der Waals surface area (Å²) in [5, 5.41) is 18.5. The topological polar surface area (TPSA) is 97.9 Å². The number of carbonyl (C=O) groups excluding carboxylic acids is 1. The van der Waals surface area contributed by atoms with Crippen LogP contribution in [-0.4, -0.2) is 45.5 Å². The number of aromatic nitrogens is 4. The van der Waals surface area contributed by atoms with Crippen molar-refractivity contribution in [3.8, 4) is 0 Å². The minimum atomic E-state index is -0.248. The van der Waals surface area contributed by atoms with Gasteiger partial charge in [0, 0.05) is 45.1 Å². The summed E-state index contributed by atoms with van der Waals surface area (Å²) in [4.78, 5) is 12.1. The smallest absolute Gasteiger partial charge is 0.289 e. The van der Waals surface area contributed by atoms with Crippen molar-refractivity contribution in [2.24, 2.45) is 0 Å². The van der Waals surface area contributed by atoms with Crippen molar-refractivity contribution in [1.82, 2.24) is 30.6 Å². The third kappa shape index (κ3) is 3.58. The van der Waals surface area contributed by atoms with Crippen LogP contribution in [0.25, 0.3) is 0 Å². The Bertz CT molecular complexity index is 675. The van der Waals surface area contributed by atoms with Crippen molar-refractivity contribution in [2.45, 2.75) is 39.2 Å². The zero-order chi connectivity index (χ0) is 16.2. The Morgan fingerprint density at radius 2 is 2.30 bits per heavy atom. The van der Waals surface area contributed by atoms with Crippen LogP contribution >= 0.6 is 0 Å². The second-order valence-electron chi connectivity index (χ2n) is 5.96. The SMILES string of the molecule is CC(C)c1cc(C(=O)NCCc2nnc3n2CCNCC3)on1. The lowest BCUT2D eigenvalue weighted by atomic mass is 10.1. The fourth-order valence-electron chi connectivity index (χ4n) is 2.56. The van der Waals surface area contributed by atoms with E-state index in [-0.39, 0.29) is 17.6 Å². The first-order valence-electron chi connectivity index (χ1n) is 8.01. The lowest BCUT2D eigenvalue weighted by molar-refractivity contribution is 0.0917. The molecule has 1 aliphatic heterocycles. The number of hydrogen-bond donors (Lipinski definition) is 2. The predicted octanol–water partition coefficient (Wildman–Crippen LogP) is 0.508. The van der Waals surface area contributed by atoms with Crippen LogP contribution in [0.5, 0.6) is 0 Å². The first-order chi connectivity index (χ1) is 11.1. The van der Waals surface area contributed by atoms with E-state index in [1.807, 2.05) is 13.8 Å². The van der Waals surface area contributed by atoms with Gasteiger partial charge >= 0.3 is 0 Å². The van der Waals surface area contributed by atoms with Gasteiger partial charge in [0.2, 0.25) is 5.76 Å². The molecule has 1 aliphatic rings. The lowest BCUT2D eigenvalue weighted by Gasteiger charge is -2.07. The van der Waals surface area contributed by atoms with Gasteiger partial charge in [-0.05, 0) is 5.92 Å². The summed E-state index contributed by atoms with van der Waals surface area (Å²) >= 11 is 0. The van der Waals surface area contributed by atoms with Gasteiger partial charge in [0.1, 0.15) is 11.6 Å². The molecule has 0 aromatic carbocycles. The van der Waals surface area contributed by atoms with Crippen LogP contribution in [0.3, 0.4) is 0 Å². The Morgan fingerprint density at radius 1 is 1.43 bits per heavy atom. The number of nitrogens with zero attached hydrogens (tertiary/aromatic N) is 4. The van der Waals surface area contributed by atoms with Crippen molar-refractivity contribution in [1.29, 1.82) is 0 Å². The van der Waals surface area contributed by atoms with E-state index >= 15 is 0 Å². The summed E-state index contributed by atoms with van der Waals surface area (Å²) in [5.74, 6) is 2.15. The Labute approximate surface area is 134 Å². The van der Waals surface area contributed by atoms with Crippen LogP contribution in [0.2, 0.25) is 0 Å². The fraction of sp³-hybridized carbons (Fsp3) is 0.600. The van der Waals surface area contributed by atoms with E-state index in [0.717, 1.165) is 43.4 Å². The van der Waals surface area contributed by atoms with Crippen LogP contribution in [0.15, 0.2) is 10.6 Å². The van der Waals surface area contributed by atoms with Crippen molar-refractivity contribution < 1.29 is 9.32 Å². The highest BCUT2D eigenvalue weighted by Gasteiger charge is 2.16. The molecule has 23 heavy (non-hydrogen) atoms. The molecular weight excluding hydrogens is 296 g/mol. The van der Waals surface area contributed by atoms with Crippen LogP contribution in [0.4, 0.5) is 0 Å². The molecule has 124 valence electrons. The van der Waals surface area contributed by atoms with E-state index in [1.165, 1.54) is 0 Å². The zero-order valence-corrected chi connectivity index (χ0v) is 13.5. The molecule has 8 heteroatoms. The molecule has 8 nitrogen and oxygen atoms in total. The van der Waals surface area contributed by atoms with Gasteiger partial charge in [0.15, 0.2) is 0 Å². The van der Waals surface area contributed by atoms with Crippen molar-refractivity contribution >= 4 is 5.91 Å². The van der Waals surface area contributed by atoms with Gasteiger partial charge in [-0.15, -0.1) is 10.2 Å². The molecule has 0 unspecified atom stereocenters. The molecule has 0 atom stereocenters. The highest BCUT2D eigenvalue weighted by atomic mass is 16.5. The molecule has 2 N–H and O–H groups in total. The normalized spacial score (nSPS) is 14.6. The second kappa shape index (κ2) is 6.91. The first-order valence-corrected chi connectivity index (χ1v) is 8.01. The summed E-state index contributed by atoms with van der Waals surface area (Å²) < 4.78 is 7.22. The van der Waals surface area contributed by atoms with E-state index in [0.29, 0.717) is 13.0 Å². The molecule has 0 spiro atoms. The molecule has 3 heterocycles. The highest BCUT2D eigenvalue weighted by molar-refractivity contribution is 5.91. The van der Waals surface area contributed by atoms with Crippen LogP contribution in [0.1, 0.15) is 47.7 Å². The number of amides is 1. The Kier molecular flexibility index (Phi) is 4.71.